The number of nitrogens with zero attached hydrogens (tertiary/aromatic N) is 3. The summed E-state index contributed by atoms with van der Waals surface area (Å²) in [7, 11) is 0. The molecule has 0 bridgehead atoms. The van der Waals surface area contributed by atoms with Gasteiger partial charge in [-0.25, -0.2) is 8.78 Å². The van der Waals surface area contributed by atoms with Crippen molar-refractivity contribution in [3.63, 3.8) is 0 Å². The first-order chi connectivity index (χ1) is 10.1. The van der Waals surface area contributed by atoms with E-state index in [-0.39, 0.29) is 31.4 Å². The number of hydrogen-bond acceptors (Lipinski definition) is 4. The highest BCUT2D eigenvalue weighted by Gasteiger charge is 2.42. The lowest BCUT2D eigenvalue weighted by Gasteiger charge is -2.12. The summed E-state index contributed by atoms with van der Waals surface area (Å²) in [5.41, 5.74) is 0. The molecule has 6 nitrogen and oxygen atoms in total. The zero-order chi connectivity index (χ0) is 14.9. The van der Waals surface area contributed by atoms with Crippen LogP contribution in [-0.2, 0) is 24.3 Å². The summed E-state index contributed by atoms with van der Waals surface area (Å²) < 4.78 is 28.2. The molecule has 1 aromatic rings. The third kappa shape index (κ3) is 4.74. The standard InChI is InChI=1S/C13H19F2N5O.2ClH/c14-13(15)6-9(17-8-13)12(21)16-7-11-19-18-10-4-2-1-3-5-20(10)11;;/h9,17H,1-8H2,(H,16,21);2*1H. The van der Waals surface area contributed by atoms with Crippen molar-refractivity contribution in [3.8, 4) is 0 Å². The Hall–Kier alpha value is -0.990. The molecule has 0 saturated carbocycles. The Morgan fingerprint density at radius 3 is 2.78 bits per heavy atom. The Bertz CT molecular complexity index is 540. The molecule has 0 aromatic carbocycles. The van der Waals surface area contributed by atoms with Crippen molar-refractivity contribution >= 4 is 30.7 Å². The minimum atomic E-state index is -2.80. The van der Waals surface area contributed by atoms with Crippen molar-refractivity contribution in [2.75, 3.05) is 6.54 Å². The maximum atomic E-state index is 13.1. The van der Waals surface area contributed by atoms with E-state index in [1.54, 1.807) is 0 Å². The number of aromatic nitrogens is 3. The molecule has 1 unspecified atom stereocenters. The van der Waals surface area contributed by atoms with Gasteiger partial charge in [-0.3, -0.25) is 10.1 Å². The van der Waals surface area contributed by atoms with E-state index >= 15 is 0 Å². The molecule has 10 heteroatoms. The molecule has 132 valence electrons. The monoisotopic (exact) mass is 371 g/mol. The summed E-state index contributed by atoms with van der Waals surface area (Å²) in [5, 5.41) is 13.5. The molecular weight excluding hydrogens is 351 g/mol. The lowest BCUT2D eigenvalue weighted by atomic mass is 10.2. The van der Waals surface area contributed by atoms with Crippen LogP contribution in [0.5, 0.6) is 0 Å². The highest BCUT2D eigenvalue weighted by atomic mass is 35.5. The van der Waals surface area contributed by atoms with Crippen LogP contribution in [0.25, 0.3) is 0 Å². The fourth-order valence-electron chi connectivity index (χ4n) is 2.87. The molecule has 2 aliphatic heterocycles. The average Bonchev–Trinajstić information content (AvgIpc) is 2.91. The van der Waals surface area contributed by atoms with Crippen LogP contribution in [0, 0.1) is 0 Å². The fraction of sp³-hybridized carbons (Fsp3) is 0.769. The third-order valence-electron chi connectivity index (χ3n) is 4.03. The number of carbonyl (C=O) groups is 1. The highest BCUT2D eigenvalue weighted by molar-refractivity contribution is 5.85. The Morgan fingerprint density at radius 1 is 1.30 bits per heavy atom. The van der Waals surface area contributed by atoms with Crippen LogP contribution in [-0.4, -0.2) is 39.2 Å². The summed E-state index contributed by atoms with van der Waals surface area (Å²) in [5.74, 6) is -1.56. The number of nitrogens with one attached hydrogen (secondary N) is 2. The summed E-state index contributed by atoms with van der Waals surface area (Å²) in [6.07, 6.45) is 3.79. The number of alkyl halides is 2. The van der Waals surface area contributed by atoms with Crippen LogP contribution in [0.1, 0.15) is 37.3 Å². The molecule has 1 amide bonds. The van der Waals surface area contributed by atoms with E-state index in [1.165, 1.54) is 0 Å². The second kappa shape index (κ2) is 8.21. The number of rotatable bonds is 3. The molecule has 2 aliphatic rings. The maximum Gasteiger partial charge on any atom is 0.262 e. The van der Waals surface area contributed by atoms with E-state index < -0.39 is 30.8 Å². The van der Waals surface area contributed by atoms with Gasteiger partial charge in [0.1, 0.15) is 5.82 Å². The Labute approximate surface area is 145 Å². The van der Waals surface area contributed by atoms with Gasteiger partial charge in [-0.2, -0.15) is 0 Å². The smallest absolute Gasteiger partial charge is 0.262 e. The second-order valence-corrected chi connectivity index (χ2v) is 5.71. The summed E-state index contributed by atoms with van der Waals surface area (Å²) in [4.78, 5) is 11.9. The van der Waals surface area contributed by atoms with Crippen LogP contribution in [0.4, 0.5) is 8.78 Å². The van der Waals surface area contributed by atoms with E-state index in [9.17, 15) is 13.6 Å². The molecule has 0 radical (unpaired) electrons. The van der Waals surface area contributed by atoms with Crippen molar-refractivity contribution in [1.82, 2.24) is 25.4 Å². The van der Waals surface area contributed by atoms with Gasteiger partial charge in [-0.15, -0.1) is 35.0 Å². The molecule has 3 rings (SSSR count). The topological polar surface area (TPSA) is 71.8 Å². The molecule has 1 aromatic heterocycles. The van der Waals surface area contributed by atoms with Crippen LogP contribution in [0.3, 0.4) is 0 Å². The Balaban J connectivity index is 0.00000132. The largest absolute Gasteiger partial charge is 0.347 e. The van der Waals surface area contributed by atoms with Gasteiger partial charge in [0.05, 0.1) is 19.1 Å². The van der Waals surface area contributed by atoms with Crippen molar-refractivity contribution in [3.05, 3.63) is 11.6 Å². The van der Waals surface area contributed by atoms with Crippen LogP contribution in [0.15, 0.2) is 0 Å². The van der Waals surface area contributed by atoms with E-state index in [1.807, 2.05) is 4.57 Å². The van der Waals surface area contributed by atoms with E-state index in [0.717, 1.165) is 38.1 Å². The zero-order valence-corrected chi connectivity index (χ0v) is 14.2. The zero-order valence-electron chi connectivity index (χ0n) is 12.6. The predicted molar refractivity (Wildman–Crippen MR) is 85.3 cm³/mol. The Kier molecular flexibility index (Phi) is 7.16. The van der Waals surface area contributed by atoms with E-state index in [4.69, 9.17) is 0 Å². The summed E-state index contributed by atoms with van der Waals surface area (Å²) >= 11 is 0. The third-order valence-corrected chi connectivity index (χ3v) is 4.03. The summed E-state index contributed by atoms with van der Waals surface area (Å²) in [6.45, 7) is 0.647. The Morgan fingerprint density at radius 2 is 2.09 bits per heavy atom. The molecule has 0 aliphatic carbocycles. The van der Waals surface area contributed by atoms with Gasteiger partial charge < -0.3 is 9.88 Å². The molecule has 2 N–H and O–H groups in total. The molecular formula is C13H21Cl2F2N5O. The number of amides is 1. The van der Waals surface area contributed by atoms with Gasteiger partial charge in [-0.1, -0.05) is 6.42 Å². The molecule has 3 heterocycles. The van der Waals surface area contributed by atoms with Crippen molar-refractivity contribution in [2.45, 2.75) is 57.2 Å². The lowest BCUT2D eigenvalue weighted by Crippen LogP contribution is -2.40. The lowest BCUT2D eigenvalue weighted by molar-refractivity contribution is -0.123. The molecule has 23 heavy (non-hydrogen) atoms. The van der Waals surface area contributed by atoms with Crippen molar-refractivity contribution in [1.29, 1.82) is 0 Å². The minimum Gasteiger partial charge on any atom is -0.347 e. The number of hydrogen-bond donors (Lipinski definition) is 2. The molecule has 0 spiro atoms. The minimum absolute atomic E-state index is 0. The van der Waals surface area contributed by atoms with Crippen LogP contribution >= 0.6 is 24.8 Å². The number of fused-ring (bicyclic) bond motifs is 1. The van der Waals surface area contributed by atoms with E-state index in [0.29, 0.717) is 5.82 Å². The first-order valence-corrected chi connectivity index (χ1v) is 7.35. The van der Waals surface area contributed by atoms with Gasteiger partial charge >= 0.3 is 0 Å². The normalized spacial score (nSPS) is 22.3. The molecule has 1 fully saturated rings. The van der Waals surface area contributed by atoms with Gasteiger partial charge in [-0.05, 0) is 12.8 Å². The molecule has 1 atom stereocenters. The first-order valence-electron chi connectivity index (χ1n) is 7.35. The van der Waals surface area contributed by atoms with Crippen LogP contribution in [0.2, 0.25) is 0 Å². The van der Waals surface area contributed by atoms with Gasteiger partial charge in [0, 0.05) is 19.4 Å². The van der Waals surface area contributed by atoms with E-state index in [2.05, 4.69) is 20.8 Å². The van der Waals surface area contributed by atoms with Gasteiger partial charge in [0.25, 0.3) is 5.92 Å². The maximum absolute atomic E-state index is 13.1. The average molecular weight is 372 g/mol. The number of halogens is 4. The number of aryl methyl sites for hydroxylation is 1. The quantitative estimate of drug-likeness (QED) is 0.843. The van der Waals surface area contributed by atoms with Crippen molar-refractivity contribution < 1.29 is 13.6 Å². The molecule has 1 saturated heterocycles. The summed E-state index contributed by atoms with van der Waals surface area (Å²) in [6, 6.07) is -0.827. The predicted octanol–water partition coefficient (Wildman–Crippen LogP) is 1.46. The fourth-order valence-corrected chi connectivity index (χ4v) is 2.87. The van der Waals surface area contributed by atoms with Gasteiger partial charge in [0.2, 0.25) is 5.91 Å². The van der Waals surface area contributed by atoms with Crippen LogP contribution < -0.4 is 10.6 Å². The van der Waals surface area contributed by atoms with Gasteiger partial charge in [0.15, 0.2) is 5.82 Å². The second-order valence-electron chi connectivity index (χ2n) is 5.71. The highest BCUT2D eigenvalue weighted by Crippen LogP contribution is 2.25. The first kappa shape index (κ1) is 20.1. The SMILES string of the molecule is Cl.Cl.O=C(NCc1nnc2n1CCCCC2)C1CC(F)(F)CN1. The number of carbonyl (C=O) groups excluding carboxylic acids is 1. The van der Waals surface area contributed by atoms with Crippen molar-refractivity contribution in [2.24, 2.45) is 0 Å².